The van der Waals surface area contributed by atoms with Gasteiger partial charge in [0.1, 0.15) is 0 Å². The minimum absolute atomic E-state index is 0.159. The fourth-order valence-electron chi connectivity index (χ4n) is 11.3. The average molecular weight is 922 g/mol. The summed E-state index contributed by atoms with van der Waals surface area (Å²) >= 11 is -5.78. The van der Waals surface area contributed by atoms with E-state index in [1.807, 2.05) is 0 Å². The molecule has 6 aromatic rings. The molecule has 0 aromatic heterocycles. The first-order valence-corrected chi connectivity index (χ1v) is 33.9. The molecule has 4 heteroatoms. The van der Waals surface area contributed by atoms with Gasteiger partial charge < -0.3 is 0 Å². The van der Waals surface area contributed by atoms with Crippen molar-refractivity contribution >= 4 is 52.3 Å². The van der Waals surface area contributed by atoms with Crippen LogP contribution in [0.1, 0.15) is 122 Å². The molecule has 0 saturated carbocycles. The summed E-state index contributed by atoms with van der Waals surface area (Å²) in [6.45, 7) is 23.5. The van der Waals surface area contributed by atoms with Crippen molar-refractivity contribution in [2.75, 3.05) is 0 Å². The number of halogens is 2. The molecule has 0 bridgehead atoms. The SMILES string of the molecule is CC(C)c1ccccc1-c1cccc2c1C=C(C(C)(C)C)[CH]2[Zr]([Cl])([Cl])([c]1cccc2c1[SiH2]c1ccccc1-2)[CH]1C(C(C)(C)C)=Cc2c(-c3ccccc3C(C)C)cccc21. The third-order valence-electron chi connectivity index (χ3n) is 14.0. The predicted molar refractivity (Wildman–Crippen MR) is 263 cm³/mol. The summed E-state index contributed by atoms with van der Waals surface area (Å²) in [6.07, 6.45) is 5.07. The van der Waals surface area contributed by atoms with Crippen LogP contribution in [-0.2, 0) is 16.4 Å². The van der Waals surface area contributed by atoms with Gasteiger partial charge in [-0.1, -0.05) is 0 Å². The summed E-state index contributed by atoms with van der Waals surface area (Å²) in [5.41, 5.74) is 18.1. The molecule has 305 valence electrons. The average Bonchev–Trinajstić information content (AvgIpc) is 3.94. The Morgan fingerprint density at radius 2 is 0.867 bits per heavy atom. The Labute approximate surface area is 370 Å². The summed E-state index contributed by atoms with van der Waals surface area (Å²) in [5, 5.41) is 2.95. The minimum atomic E-state index is -5.78. The zero-order valence-electron chi connectivity index (χ0n) is 37.1. The molecule has 0 amide bonds. The Morgan fingerprint density at radius 3 is 1.33 bits per heavy atom. The van der Waals surface area contributed by atoms with Crippen molar-refractivity contribution in [2.45, 2.75) is 88.3 Å². The fourth-order valence-corrected chi connectivity index (χ4v) is 39.6. The van der Waals surface area contributed by atoms with E-state index < -0.39 is 25.9 Å². The van der Waals surface area contributed by atoms with Crippen LogP contribution < -0.4 is 13.6 Å². The second-order valence-electron chi connectivity index (χ2n) is 20.5. The van der Waals surface area contributed by atoms with Gasteiger partial charge in [0.15, 0.2) is 0 Å². The van der Waals surface area contributed by atoms with Gasteiger partial charge in [-0.3, -0.25) is 0 Å². The first kappa shape index (κ1) is 41.8. The van der Waals surface area contributed by atoms with E-state index in [0.717, 1.165) is 0 Å². The number of rotatable bonds is 7. The molecule has 0 saturated heterocycles. The quantitative estimate of drug-likeness (QED) is 0.140. The van der Waals surface area contributed by atoms with Crippen molar-refractivity contribution in [1.29, 1.82) is 0 Å². The van der Waals surface area contributed by atoms with Gasteiger partial charge in [-0.25, -0.2) is 0 Å². The topological polar surface area (TPSA) is 0 Å². The van der Waals surface area contributed by atoms with Gasteiger partial charge in [0.2, 0.25) is 0 Å². The van der Waals surface area contributed by atoms with Crippen molar-refractivity contribution < 1.29 is 16.4 Å². The van der Waals surface area contributed by atoms with E-state index in [0.29, 0.717) is 11.8 Å². The van der Waals surface area contributed by atoms with Crippen molar-refractivity contribution in [3.63, 3.8) is 0 Å². The molecule has 0 N–H and O–H groups in total. The van der Waals surface area contributed by atoms with Crippen LogP contribution in [0.2, 0.25) is 0 Å². The Balaban J connectivity index is 1.41. The van der Waals surface area contributed by atoms with E-state index in [-0.39, 0.29) is 18.1 Å². The molecule has 0 fully saturated rings. The summed E-state index contributed by atoms with van der Waals surface area (Å²) in [7, 11) is 18.1. The van der Waals surface area contributed by atoms with Gasteiger partial charge in [0.25, 0.3) is 0 Å². The van der Waals surface area contributed by atoms with Crippen molar-refractivity contribution in [2.24, 2.45) is 10.8 Å². The molecule has 3 aliphatic rings. The predicted octanol–water partition coefficient (Wildman–Crippen LogP) is 14.4. The summed E-state index contributed by atoms with van der Waals surface area (Å²) in [4.78, 5) is 0. The monoisotopic (exact) mass is 919 g/mol. The zero-order valence-corrected chi connectivity index (χ0v) is 42.4. The van der Waals surface area contributed by atoms with Crippen LogP contribution in [0.4, 0.5) is 0 Å². The molecule has 60 heavy (non-hydrogen) atoms. The molecule has 2 atom stereocenters. The second kappa shape index (κ2) is 14.8. The molecule has 1 heterocycles. The van der Waals surface area contributed by atoms with E-state index in [1.165, 1.54) is 91.6 Å². The Kier molecular flexibility index (Phi) is 10.3. The first-order chi connectivity index (χ1) is 28.4. The molecule has 0 radical (unpaired) electrons. The van der Waals surface area contributed by atoms with E-state index >= 15 is 0 Å². The van der Waals surface area contributed by atoms with Gasteiger partial charge in [-0.15, -0.1) is 0 Å². The van der Waals surface area contributed by atoms with E-state index in [1.54, 1.807) is 0 Å². The van der Waals surface area contributed by atoms with Crippen LogP contribution in [0.25, 0.3) is 45.5 Å². The molecule has 2 aliphatic carbocycles. The molecular formula is C56H59Cl2SiZr. The number of benzene rings is 6. The Morgan fingerprint density at radius 1 is 0.467 bits per heavy atom. The van der Waals surface area contributed by atoms with Crippen LogP contribution in [-0.4, -0.2) is 9.52 Å². The molecule has 0 spiro atoms. The van der Waals surface area contributed by atoms with Crippen molar-refractivity contribution in [1.82, 2.24) is 0 Å². The van der Waals surface area contributed by atoms with Gasteiger partial charge >= 0.3 is 373 Å². The molecular weight excluding hydrogens is 863 g/mol. The third kappa shape index (κ3) is 6.45. The van der Waals surface area contributed by atoms with Crippen LogP contribution in [0.15, 0.2) is 139 Å². The van der Waals surface area contributed by atoms with E-state index in [9.17, 15) is 17.0 Å². The number of hydrogen-bond donors (Lipinski definition) is 0. The van der Waals surface area contributed by atoms with E-state index in [4.69, 9.17) is 0 Å². The summed E-state index contributed by atoms with van der Waals surface area (Å²) < 4.78 is 0.962. The Bertz CT molecular complexity index is 2630. The number of hydrogen-bond acceptors (Lipinski definition) is 0. The third-order valence-corrected chi connectivity index (χ3v) is 36.5. The molecule has 0 nitrogen and oxygen atoms in total. The van der Waals surface area contributed by atoms with Crippen LogP contribution in [0.3, 0.4) is 0 Å². The van der Waals surface area contributed by atoms with Gasteiger partial charge in [0, 0.05) is 0 Å². The van der Waals surface area contributed by atoms with Crippen LogP contribution in [0.5, 0.6) is 0 Å². The van der Waals surface area contributed by atoms with Crippen LogP contribution >= 0.6 is 17.0 Å². The molecule has 2 unspecified atom stereocenters. The van der Waals surface area contributed by atoms with Crippen LogP contribution in [0, 0.1) is 10.8 Å². The number of fused-ring (bicyclic) bond motifs is 5. The molecule has 1 aliphatic heterocycles. The van der Waals surface area contributed by atoms with Gasteiger partial charge in [0.05, 0.1) is 0 Å². The maximum absolute atomic E-state index is 9.49. The van der Waals surface area contributed by atoms with E-state index in [2.05, 4.69) is 209 Å². The maximum atomic E-state index is 9.49. The fraction of sp³-hybridized carbons (Fsp3) is 0.286. The van der Waals surface area contributed by atoms with Crippen molar-refractivity contribution in [3.8, 4) is 33.4 Å². The molecule has 9 rings (SSSR count). The first-order valence-electron chi connectivity index (χ1n) is 22.1. The molecule has 6 aromatic carbocycles. The zero-order chi connectivity index (χ0) is 42.5. The van der Waals surface area contributed by atoms with Gasteiger partial charge in [-0.05, 0) is 0 Å². The van der Waals surface area contributed by atoms with Gasteiger partial charge in [-0.2, -0.15) is 0 Å². The standard InChI is InChI=1S/2C22H25.C12H9Si.2ClH.Zr/c2*1-15(2)18-10-6-7-11-19(18)20-12-8-9-16-13-17(14-21(16)20)22(3,4)5;1-3-7-11-9(5-1)10-6-2-4-8-12(10)13-11;;;/h2*6-15H,1-5H3;1-7H,13H2;2*1H;/q;;;;;+2/p-2. The normalized spacial score (nSPS) is 18.2. The number of allylic oxidation sites excluding steroid dienone is 2. The summed E-state index contributed by atoms with van der Waals surface area (Å²) in [6, 6.07) is 48.1. The van der Waals surface area contributed by atoms with Crippen molar-refractivity contribution in [3.05, 3.63) is 172 Å². The summed E-state index contributed by atoms with van der Waals surface area (Å²) in [5.74, 6) is 0.767. The second-order valence-corrected chi connectivity index (χ2v) is 42.9. The Hall–Kier alpha value is -3.52.